The number of hydrogen-bond donors (Lipinski definition) is 0. The number of rotatable bonds is 3. The third-order valence-corrected chi connectivity index (χ3v) is 10.4. The molecular weight excluding hydrogens is 470 g/mol. The molecule has 200 valence electrons. The first-order valence-corrected chi connectivity index (χ1v) is 15.3. The highest BCUT2D eigenvalue weighted by molar-refractivity contribution is 6.16. The molecule has 7 heterocycles. The van der Waals surface area contributed by atoms with Crippen molar-refractivity contribution in [3.8, 4) is 0 Å². The summed E-state index contributed by atoms with van der Waals surface area (Å²) in [5.74, 6) is 9.74. The quantitative estimate of drug-likeness (QED) is 0.403. The summed E-state index contributed by atoms with van der Waals surface area (Å²) < 4.78 is 0. The van der Waals surface area contributed by atoms with Crippen LogP contribution in [0.5, 0.6) is 0 Å². The minimum absolute atomic E-state index is 0.429. The monoisotopic (exact) mass is 511 g/mol. The van der Waals surface area contributed by atoms with Crippen molar-refractivity contribution in [2.75, 3.05) is 0 Å². The van der Waals surface area contributed by atoms with Gasteiger partial charge in [-0.15, -0.1) is 0 Å². The van der Waals surface area contributed by atoms with Crippen LogP contribution in [0.4, 0.5) is 0 Å². The second-order valence-electron chi connectivity index (χ2n) is 12.5. The molecule has 7 nitrogen and oxygen atoms in total. The average Bonchev–Trinajstić information content (AvgIpc) is 2.94. The van der Waals surface area contributed by atoms with Crippen LogP contribution in [0.15, 0.2) is 46.7 Å². The minimum Gasteiger partial charge on any atom is -0.242 e. The molecule has 0 amide bonds. The predicted molar refractivity (Wildman–Crippen MR) is 157 cm³/mol. The first-order valence-electron chi connectivity index (χ1n) is 15.3. The van der Waals surface area contributed by atoms with Crippen LogP contribution in [-0.2, 0) is 0 Å². The molecule has 7 heteroatoms. The highest BCUT2D eigenvalue weighted by Crippen LogP contribution is 2.45. The van der Waals surface area contributed by atoms with E-state index < -0.39 is 0 Å². The summed E-state index contributed by atoms with van der Waals surface area (Å²) in [5.41, 5.74) is 2.52. The molecule has 0 radical (unpaired) electrons. The third kappa shape index (κ3) is 4.03. The number of aliphatic imine (C=N–C) groups is 7. The van der Waals surface area contributed by atoms with E-state index in [0.717, 1.165) is 80.0 Å². The van der Waals surface area contributed by atoms with Gasteiger partial charge in [0.25, 0.3) is 0 Å². The Kier molecular flexibility index (Phi) is 6.16. The van der Waals surface area contributed by atoms with Crippen molar-refractivity contribution in [3.05, 3.63) is 11.8 Å². The summed E-state index contributed by atoms with van der Waals surface area (Å²) in [5, 5.41) is 0. The molecule has 0 saturated heterocycles. The second kappa shape index (κ2) is 9.56. The molecule has 0 aromatic carbocycles. The van der Waals surface area contributed by atoms with E-state index in [9.17, 15) is 0 Å². The van der Waals surface area contributed by atoms with Gasteiger partial charge in [0.05, 0.1) is 0 Å². The zero-order valence-corrected chi connectivity index (χ0v) is 23.4. The summed E-state index contributed by atoms with van der Waals surface area (Å²) in [6.45, 7) is 8.90. The van der Waals surface area contributed by atoms with Gasteiger partial charge in [-0.1, -0.05) is 26.8 Å². The van der Waals surface area contributed by atoms with Crippen molar-refractivity contribution in [1.82, 2.24) is 0 Å². The van der Waals surface area contributed by atoms with Crippen LogP contribution >= 0.6 is 0 Å². The molecule has 0 fully saturated rings. The summed E-state index contributed by atoms with van der Waals surface area (Å²) in [6.07, 6.45) is 13.6. The van der Waals surface area contributed by atoms with Crippen LogP contribution in [0.2, 0.25) is 0 Å². The van der Waals surface area contributed by atoms with E-state index in [2.05, 4.69) is 33.8 Å². The molecule has 38 heavy (non-hydrogen) atoms. The Morgan fingerprint density at radius 1 is 0.500 bits per heavy atom. The van der Waals surface area contributed by atoms with Gasteiger partial charge in [-0.05, 0) is 77.0 Å². The maximum atomic E-state index is 5.07. The molecule has 0 N–H and O–H groups in total. The molecule has 7 aliphatic rings. The maximum Gasteiger partial charge on any atom is 0.135 e. The molecule has 0 aromatic heterocycles. The van der Waals surface area contributed by atoms with Crippen LogP contribution in [0.1, 0.15) is 91.9 Å². The molecule has 8 unspecified atom stereocenters. The Balaban J connectivity index is 1.19. The number of fused-ring (bicyclic) bond motifs is 6. The number of allylic oxidation sites excluding steroid dienone is 2. The number of amidine groups is 6. The smallest absolute Gasteiger partial charge is 0.135 e. The Morgan fingerprint density at radius 3 is 1.26 bits per heavy atom. The zero-order chi connectivity index (χ0) is 26.0. The fourth-order valence-corrected chi connectivity index (χ4v) is 8.24. The molecule has 7 aliphatic heterocycles. The fourth-order valence-electron chi connectivity index (χ4n) is 8.24. The number of hydrogen-bond acceptors (Lipinski definition) is 7. The van der Waals surface area contributed by atoms with Crippen LogP contribution in [0.25, 0.3) is 0 Å². The molecule has 7 rings (SSSR count). The van der Waals surface area contributed by atoms with Gasteiger partial charge in [0.2, 0.25) is 0 Å². The van der Waals surface area contributed by atoms with Crippen molar-refractivity contribution < 1.29 is 0 Å². The molecule has 0 spiro atoms. The summed E-state index contributed by atoms with van der Waals surface area (Å²) in [6, 6.07) is 0. The first kappa shape index (κ1) is 24.5. The Bertz CT molecular complexity index is 1270. The van der Waals surface area contributed by atoms with Gasteiger partial charge in [0.15, 0.2) is 0 Å². The lowest BCUT2D eigenvalue weighted by Gasteiger charge is -2.41. The Labute approximate surface area is 226 Å². The van der Waals surface area contributed by atoms with Gasteiger partial charge in [0, 0.05) is 52.8 Å². The van der Waals surface area contributed by atoms with Crippen LogP contribution in [0, 0.1) is 47.3 Å². The van der Waals surface area contributed by atoms with E-state index in [4.69, 9.17) is 34.9 Å². The van der Waals surface area contributed by atoms with Crippen LogP contribution < -0.4 is 0 Å². The number of nitrogens with zero attached hydrogens (tertiary/aromatic N) is 7. The van der Waals surface area contributed by atoms with Crippen molar-refractivity contribution in [2.24, 2.45) is 82.3 Å². The standard InChI is InChI=1S/C31H41N7/c1-5-16-9-18-11-20-13-22-15-23-14-21-12-19-10-17(6-2)25(8-4)33-27(19)35-29(21)37-31(23)38-30(22)36-28(20)34-26(18)32-24(16)7-3/h7,16-23H,5-6,8-15H2,1-4H3. The normalized spacial score (nSPS) is 40.3. The van der Waals surface area contributed by atoms with E-state index in [0.29, 0.717) is 47.3 Å². The molecule has 0 bridgehead atoms. The molecular formula is C31H41N7. The van der Waals surface area contributed by atoms with E-state index in [-0.39, 0.29) is 0 Å². The fraction of sp³-hybridized carbons (Fsp3) is 0.710. The molecule has 0 aromatic rings. The summed E-state index contributed by atoms with van der Waals surface area (Å²) >= 11 is 0. The lowest BCUT2D eigenvalue weighted by Crippen LogP contribution is -2.43. The van der Waals surface area contributed by atoms with Crippen molar-refractivity contribution in [2.45, 2.75) is 91.9 Å². The van der Waals surface area contributed by atoms with E-state index in [1.54, 1.807) is 0 Å². The maximum absolute atomic E-state index is 5.07. The summed E-state index contributed by atoms with van der Waals surface area (Å²) in [4.78, 5) is 35.3. The third-order valence-electron chi connectivity index (χ3n) is 10.4. The lowest BCUT2D eigenvalue weighted by molar-refractivity contribution is 0.331. The van der Waals surface area contributed by atoms with E-state index in [1.807, 2.05) is 0 Å². The van der Waals surface area contributed by atoms with E-state index in [1.165, 1.54) is 30.7 Å². The van der Waals surface area contributed by atoms with Gasteiger partial charge in [-0.3, -0.25) is 0 Å². The molecule has 0 aliphatic carbocycles. The van der Waals surface area contributed by atoms with E-state index >= 15 is 0 Å². The van der Waals surface area contributed by atoms with Crippen LogP contribution in [-0.4, -0.2) is 40.7 Å². The van der Waals surface area contributed by atoms with Gasteiger partial charge >= 0.3 is 0 Å². The van der Waals surface area contributed by atoms with Gasteiger partial charge in [0.1, 0.15) is 35.0 Å². The first-order chi connectivity index (χ1) is 18.6. The average molecular weight is 512 g/mol. The highest BCUT2D eigenvalue weighted by Gasteiger charge is 2.45. The van der Waals surface area contributed by atoms with Crippen LogP contribution in [0.3, 0.4) is 0 Å². The largest absolute Gasteiger partial charge is 0.242 e. The van der Waals surface area contributed by atoms with Crippen molar-refractivity contribution >= 4 is 40.7 Å². The summed E-state index contributed by atoms with van der Waals surface area (Å²) in [7, 11) is 0. The minimum atomic E-state index is 0.429. The lowest BCUT2D eigenvalue weighted by atomic mass is 9.71. The van der Waals surface area contributed by atoms with Crippen molar-refractivity contribution in [1.29, 1.82) is 0 Å². The van der Waals surface area contributed by atoms with Gasteiger partial charge in [-0.25, -0.2) is 34.9 Å². The molecule has 0 saturated carbocycles. The Morgan fingerprint density at radius 2 is 0.868 bits per heavy atom. The Hall–Kier alpha value is -2.57. The van der Waals surface area contributed by atoms with Gasteiger partial charge < -0.3 is 0 Å². The van der Waals surface area contributed by atoms with Crippen molar-refractivity contribution in [3.63, 3.8) is 0 Å². The predicted octanol–water partition coefficient (Wildman–Crippen LogP) is 6.71. The van der Waals surface area contributed by atoms with Gasteiger partial charge in [-0.2, -0.15) is 0 Å². The molecule has 8 atom stereocenters. The highest BCUT2D eigenvalue weighted by atomic mass is 15.1. The second-order valence-corrected chi connectivity index (χ2v) is 12.5. The zero-order valence-electron chi connectivity index (χ0n) is 23.4. The topological polar surface area (TPSA) is 86.5 Å². The SMILES string of the molecule is CC=C1N=C2N=C3N=C4N=C5N=C6N=C7N=C(CC)C(CC)CC7CC6CC5CC4CC3CC2CC1CC.